The monoisotopic (exact) mass is 278 g/mol. The molecule has 1 aliphatic rings. The van der Waals surface area contributed by atoms with Gasteiger partial charge < -0.3 is 9.15 Å². The van der Waals surface area contributed by atoms with Gasteiger partial charge >= 0.3 is 0 Å². The molecular weight excluding hydrogens is 264 g/mol. The number of epoxide rings is 1. The van der Waals surface area contributed by atoms with Crippen LogP contribution in [0, 0.1) is 0 Å². The van der Waals surface area contributed by atoms with E-state index in [0.717, 1.165) is 24.2 Å². The topological polar surface area (TPSA) is 42.7 Å². The van der Waals surface area contributed by atoms with E-state index in [9.17, 15) is 4.79 Å². The Labute approximate surface area is 121 Å². The third kappa shape index (κ3) is 2.36. The van der Waals surface area contributed by atoms with Crippen LogP contribution in [-0.4, -0.2) is 12.7 Å². The molecule has 0 saturated carbocycles. The van der Waals surface area contributed by atoms with Crippen molar-refractivity contribution < 1.29 is 9.15 Å². The van der Waals surface area contributed by atoms with Gasteiger partial charge in [-0.15, -0.1) is 0 Å². The number of hydrogen-bond donors (Lipinski definition) is 0. The number of benzene rings is 2. The Balaban J connectivity index is 1.92. The number of hydrogen-bond acceptors (Lipinski definition) is 3. The van der Waals surface area contributed by atoms with E-state index in [2.05, 4.69) is 0 Å². The molecule has 1 unspecified atom stereocenters. The summed E-state index contributed by atoms with van der Waals surface area (Å²) in [6.07, 6.45) is 1.06. The van der Waals surface area contributed by atoms with Crippen LogP contribution in [0.3, 0.4) is 0 Å². The van der Waals surface area contributed by atoms with Crippen LogP contribution < -0.4 is 5.43 Å². The van der Waals surface area contributed by atoms with Crippen LogP contribution in [0.15, 0.2) is 63.8 Å². The minimum atomic E-state index is -0.00586. The molecule has 0 N–H and O–H groups in total. The average molecular weight is 278 g/mol. The highest BCUT2D eigenvalue weighted by atomic mass is 16.6. The molecule has 4 rings (SSSR count). The number of fused-ring (bicyclic) bond motifs is 1. The molecule has 0 radical (unpaired) electrons. The number of para-hydroxylation sites is 1. The molecule has 1 saturated heterocycles. The Morgan fingerprint density at radius 2 is 1.86 bits per heavy atom. The van der Waals surface area contributed by atoms with Crippen LogP contribution >= 0.6 is 0 Å². The van der Waals surface area contributed by atoms with Crippen LogP contribution in [0.5, 0.6) is 0 Å². The molecule has 2 aromatic carbocycles. The van der Waals surface area contributed by atoms with E-state index in [1.165, 1.54) is 0 Å². The van der Waals surface area contributed by atoms with Crippen molar-refractivity contribution in [2.75, 3.05) is 6.61 Å². The van der Waals surface area contributed by atoms with Gasteiger partial charge in [-0.3, -0.25) is 4.79 Å². The lowest BCUT2D eigenvalue weighted by Gasteiger charge is -2.07. The van der Waals surface area contributed by atoms with Crippen molar-refractivity contribution >= 4 is 11.0 Å². The lowest BCUT2D eigenvalue weighted by Crippen LogP contribution is -2.03. The van der Waals surface area contributed by atoms with Gasteiger partial charge in [0.2, 0.25) is 0 Å². The van der Waals surface area contributed by atoms with Crippen molar-refractivity contribution in [3.8, 4) is 11.3 Å². The molecule has 3 aromatic rings. The van der Waals surface area contributed by atoms with Crippen LogP contribution in [0.4, 0.5) is 0 Å². The summed E-state index contributed by atoms with van der Waals surface area (Å²) in [5.41, 5.74) is 2.62. The number of rotatable bonds is 3. The van der Waals surface area contributed by atoms with Gasteiger partial charge in [0.15, 0.2) is 5.43 Å². The summed E-state index contributed by atoms with van der Waals surface area (Å²) < 4.78 is 11.3. The van der Waals surface area contributed by atoms with Gasteiger partial charge in [0.1, 0.15) is 11.3 Å². The normalized spacial score (nSPS) is 17.0. The Bertz CT molecular complexity index is 845. The molecule has 21 heavy (non-hydrogen) atoms. The average Bonchev–Trinajstić information content (AvgIpc) is 3.33. The summed E-state index contributed by atoms with van der Waals surface area (Å²) >= 11 is 0. The van der Waals surface area contributed by atoms with E-state index in [0.29, 0.717) is 16.7 Å². The predicted octanol–water partition coefficient (Wildman–Crippen LogP) is 3.40. The quantitative estimate of drug-likeness (QED) is 0.690. The van der Waals surface area contributed by atoms with E-state index in [4.69, 9.17) is 9.15 Å². The zero-order valence-corrected chi connectivity index (χ0v) is 11.4. The fraction of sp³-hybridized carbons (Fsp3) is 0.167. The lowest BCUT2D eigenvalue weighted by atomic mass is 10.1. The van der Waals surface area contributed by atoms with Gasteiger partial charge in [-0.2, -0.15) is 0 Å². The van der Waals surface area contributed by atoms with Crippen LogP contribution in [0.25, 0.3) is 22.3 Å². The Morgan fingerprint density at radius 1 is 1.05 bits per heavy atom. The fourth-order valence-corrected chi connectivity index (χ4v) is 2.57. The lowest BCUT2D eigenvalue weighted by molar-refractivity contribution is 0.407. The van der Waals surface area contributed by atoms with E-state index < -0.39 is 0 Å². The van der Waals surface area contributed by atoms with Gasteiger partial charge in [0.05, 0.1) is 18.1 Å². The summed E-state index contributed by atoms with van der Waals surface area (Å²) in [6.45, 7) is 0.791. The first-order chi connectivity index (χ1) is 10.3. The fourth-order valence-electron chi connectivity index (χ4n) is 2.57. The van der Waals surface area contributed by atoms with Crippen LogP contribution in [0.1, 0.15) is 5.56 Å². The first kappa shape index (κ1) is 12.4. The minimum Gasteiger partial charge on any atom is -0.456 e. The first-order valence-electron chi connectivity index (χ1n) is 7.04. The molecule has 1 fully saturated rings. The smallest absolute Gasteiger partial charge is 0.193 e. The molecule has 3 heteroatoms. The summed E-state index contributed by atoms with van der Waals surface area (Å²) in [6, 6.07) is 17.0. The van der Waals surface area contributed by atoms with Gasteiger partial charge in [0.25, 0.3) is 0 Å². The van der Waals surface area contributed by atoms with E-state index in [1.54, 1.807) is 6.07 Å². The molecule has 2 heterocycles. The van der Waals surface area contributed by atoms with E-state index in [1.807, 2.05) is 48.5 Å². The summed E-state index contributed by atoms with van der Waals surface area (Å²) in [4.78, 5) is 12.3. The van der Waals surface area contributed by atoms with Gasteiger partial charge in [-0.1, -0.05) is 42.5 Å². The SMILES string of the molecule is O=c1cc(-c2ccccc2)oc2c(CC3CO3)cccc12. The van der Waals surface area contributed by atoms with Crippen LogP contribution in [0.2, 0.25) is 0 Å². The zero-order valence-electron chi connectivity index (χ0n) is 11.4. The van der Waals surface area contributed by atoms with Crippen molar-refractivity contribution in [3.05, 3.63) is 70.4 Å². The van der Waals surface area contributed by atoms with Crippen LogP contribution in [-0.2, 0) is 11.2 Å². The summed E-state index contributed by atoms with van der Waals surface area (Å²) in [5, 5.41) is 0.632. The van der Waals surface area contributed by atoms with Crippen molar-refractivity contribution in [1.82, 2.24) is 0 Å². The Hall–Kier alpha value is -2.39. The second-order valence-corrected chi connectivity index (χ2v) is 5.29. The second-order valence-electron chi connectivity index (χ2n) is 5.29. The standard InChI is InChI=1S/C18H14O3/c19-16-10-17(12-5-2-1-3-6-12)21-18-13(9-14-11-20-14)7-4-8-15(16)18/h1-8,10,14H,9,11H2. The maximum atomic E-state index is 12.3. The molecule has 104 valence electrons. The molecule has 3 nitrogen and oxygen atoms in total. The molecule has 1 aliphatic heterocycles. The van der Waals surface area contributed by atoms with Gasteiger partial charge in [-0.25, -0.2) is 0 Å². The highest BCUT2D eigenvalue weighted by Gasteiger charge is 2.24. The molecule has 0 bridgehead atoms. The number of ether oxygens (including phenoxy) is 1. The van der Waals surface area contributed by atoms with Gasteiger partial charge in [-0.05, 0) is 11.6 Å². The maximum absolute atomic E-state index is 12.3. The molecule has 1 aromatic heterocycles. The largest absolute Gasteiger partial charge is 0.456 e. The Kier molecular flexibility index (Phi) is 2.86. The Morgan fingerprint density at radius 3 is 2.62 bits per heavy atom. The molecule has 0 amide bonds. The second kappa shape index (κ2) is 4.86. The molecule has 0 spiro atoms. The van der Waals surface area contributed by atoms with E-state index in [-0.39, 0.29) is 11.5 Å². The summed E-state index contributed by atoms with van der Waals surface area (Å²) in [5.74, 6) is 0.609. The predicted molar refractivity (Wildman–Crippen MR) is 81.4 cm³/mol. The maximum Gasteiger partial charge on any atom is 0.193 e. The molecule has 0 aliphatic carbocycles. The molecule has 1 atom stereocenters. The minimum absolute atomic E-state index is 0.00586. The molecular formula is C18H14O3. The van der Waals surface area contributed by atoms with Crippen molar-refractivity contribution in [2.24, 2.45) is 0 Å². The van der Waals surface area contributed by atoms with Crippen molar-refractivity contribution in [2.45, 2.75) is 12.5 Å². The highest BCUT2D eigenvalue weighted by molar-refractivity contribution is 5.81. The first-order valence-corrected chi connectivity index (χ1v) is 7.04. The van der Waals surface area contributed by atoms with Crippen molar-refractivity contribution in [3.63, 3.8) is 0 Å². The van der Waals surface area contributed by atoms with Gasteiger partial charge in [0, 0.05) is 18.1 Å². The zero-order chi connectivity index (χ0) is 14.2. The summed E-state index contributed by atoms with van der Waals surface area (Å²) in [7, 11) is 0. The highest BCUT2D eigenvalue weighted by Crippen LogP contribution is 2.26. The third-order valence-corrected chi connectivity index (χ3v) is 3.74. The third-order valence-electron chi connectivity index (χ3n) is 3.74. The van der Waals surface area contributed by atoms with E-state index >= 15 is 0 Å². The van der Waals surface area contributed by atoms with Crippen molar-refractivity contribution in [1.29, 1.82) is 0 Å².